The standard InChI is InChI=1S/C16H16N2O/c1-18(13-15-6-3-2-4-7-15)16(19)10-9-14-8-5-11-17-12-14/h2-12H,13H2,1H3/b10-9+. The Morgan fingerprint density at radius 1 is 1.21 bits per heavy atom. The molecule has 0 aliphatic heterocycles. The number of hydrogen-bond acceptors (Lipinski definition) is 2. The summed E-state index contributed by atoms with van der Waals surface area (Å²) >= 11 is 0. The Morgan fingerprint density at radius 3 is 2.68 bits per heavy atom. The van der Waals surface area contributed by atoms with E-state index in [0.717, 1.165) is 11.1 Å². The van der Waals surface area contributed by atoms with E-state index in [1.54, 1.807) is 36.5 Å². The Kier molecular flexibility index (Phi) is 4.45. The van der Waals surface area contributed by atoms with Gasteiger partial charge in [0.05, 0.1) is 0 Å². The van der Waals surface area contributed by atoms with Crippen molar-refractivity contribution in [2.24, 2.45) is 0 Å². The van der Waals surface area contributed by atoms with Crippen molar-refractivity contribution in [3.8, 4) is 0 Å². The minimum Gasteiger partial charge on any atom is -0.338 e. The number of carbonyl (C=O) groups excluding carboxylic acids is 1. The number of aromatic nitrogens is 1. The van der Waals surface area contributed by atoms with Gasteiger partial charge in [0.25, 0.3) is 0 Å². The molecule has 0 radical (unpaired) electrons. The van der Waals surface area contributed by atoms with Crippen molar-refractivity contribution in [1.29, 1.82) is 0 Å². The third kappa shape index (κ3) is 4.07. The maximum Gasteiger partial charge on any atom is 0.246 e. The van der Waals surface area contributed by atoms with Crippen molar-refractivity contribution in [3.05, 3.63) is 72.1 Å². The van der Waals surface area contributed by atoms with Crippen LogP contribution in [-0.4, -0.2) is 22.8 Å². The van der Waals surface area contributed by atoms with Gasteiger partial charge < -0.3 is 4.90 Å². The van der Waals surface area contributed by atoms with Crippen LogP contribution in [0.5, 0.6) is 0 Å². The molecule has 3 heteroatoms. The molecule has 1 heterocycles. The van der Waals surface area contributed by atoms with E-state index in [-0.39, 0.29) is 5.91 Å². The van der Waals surface area contributed by atoms with Crippen LogP contribution in [0, 0.1) is 0 Å². The quantitative estimate of drug-likeness (QED) is 0.784. The molecule has 2 rings (SSSR count). The van der Waals surface area contributed by atoms with Crippen LogP contribution in [0.1, 0.15) is 11.1 Å². The van der Waals surface area contributed by atoms with E-state index in [1.807, 2.05) is 42.5 Å². The molecule has 3 nitrogen and oxygen atoms in total. The first-order chi connectivity index (χ1) is 9.25. The third-order valence-electron chi connectivity index (χ3n) is 2.74. The number of rotatable bonds is 4. The molecule has 1 aromatic carbocycles. The van der Waals surface area contributed by atoms with Crippen LogP contribution in [0.2, 0.25) is 0 Å². The van der Waals surface area contributed by atoms with E-state index in [2.05, 4.69) is 4.98 Å². The molecule has 19 heavy (non-hydrogen) atoms. The molecule has 2 aromatic rings. The second-order valence-electron chi connectivity index (χ2n) is 4.30. The Labute approximate surface area is 113 Å². The molecular formula is C16H16N2O. The smallest absolute Gasteiger partial charge is 0.246 e. The number of likely N-dealkylation sites (N-methyl/N-ethyl adjacent to an activating group) is 1. The van der Waals surface area contributed by atoms with Crippen molar-refractivity contribution in [2.45, 2.75) is 6.54 Å². The average Bonchev–Trinajstić information content (AvgIpc) is 2.47. The molecule has 0 fully saturated rings. The Hall–Kier alpha value is -2.42. The van der Waals surface area contributed by atoms with Crippen LogP contribution in [0.4, 0.5) is 0 Å². The molecule has 96 valence electrons. The van der Waals surface area contributed by atoms with Crippen molar-refractivity contribution in [3.63, 3.8) is 0 Å². The predicted octanol–water partition coefficient (Wildman–Crippen LogP) is 2.75. The Bertz CT molecular complexity index is 549. The summed E-state index contributed by atoms with van der Waals surface area (Å²) in [5, 5.41) is 0. The van der Waals surface area contributed by atoms with E-state index >= 15 is 0 Å². The van der Waals surface area contributed by atoms with E-state index in [1.165, 1.54) is 0 Å². The van der Waals surface area contributed by atoms with E-state index < -0.39 is 0 Å². The second-order valence-corrected chi connectivity index (χ2v) is 4.30. The highest BCUT2D eigenvalue weighted by molar-refractivity contribution is 5.91. The Morgan fingerprint density at radius 2 is 2.00 bits per heavy atom. The molecule has 0 unspecified atom stereocenters. The zero-order valence-corrected chi connectivity index (χ0v) is 10.9. The monoisotopic (exact) mass is 252 g/mol. The van der Waals surface area contributed by atoms with Gasteiger partial charge in [-0.3, -0.25) is 9.78 Å². The summed E-state index contributed by atoms with van der Waals surface area (Å²) in [5.74, 6) is -0.0206. The molecular weight excluding hydrogens is 236 g/mol. The number of nitrogens with zero attached hydrogens (tertiary/aromatic N) is 2. The lowest BCUT2D eigenvalue weighted by molar-refractivity contribution is -0.125. The fourth-order valence-electron chi connectivity index (χ4n) is 1.70. The molecule has 0 saturated carbocycles. The molecule has 1 amide bonds. The number of carbonyl (C=O) groups is 1. The van der Waals surface area contributed by atoms with Crippen LogP contribution in [0.25, 0.3) is 6.08 Å². The first-order valence-electron chi connectivity index (χ1n) is 6.13. The number of benzene rings is 1. The van der Waals surface area contributed by atoms with Crippen molar-refractivity contribution in [1.82, 2.24) is 9.88 Å². The molecule has 0 aliphatic carbocycles. The van der Waals surface area contributed by atoms with Gasteiger partial charge in [-0.15, -0.1) is 0 Å². The highest BCUT2D eigenvalue weighted by Crippen LogP contribution is 2.04. The van der Waals surface area contributed by atoms with Crippen molar-refractivity contribution in [2.75, 3.05) is 7.05 Å². The van der Waals surface area contributed by atoms with Gasteiger partial charge in [-0.2, -0.15) is 0 Å². The van der Waals surface area contributed by atoms with Gasteiger partial charge in [0.2, 0.25) is 5.91 Å². The molecule has 0 saturated heterocycles. The number of amides is 1. The summed E-state index contributed by atoms with van der Waals surface area (Å²) in [4.78, 5) is 17.6. The average molecular weight is 252 g/mol. The first-order valence-corrected chi connectivity index (χ1v) is 6.13. The summed E-state index contributed by atoms with van der Waals surface area (Å²) in [7, 11) is 1.79. The second kappa shape index (κ2) is 6.50. The summed E-state index contributed by atoms with van der Waals surface area (Å²) in [6, 6.07) is 13.7. The van der Waals surface area contributed by atoms with Crippen LogP contribution in [-0.2, 0) is 11.3 Å². The topological polar surface area (TPSA) is 33.2 Å². The molecule has 0 aliphatic rings. The Balaban J connectivity index is 1.95. The van der Waals surface area contributed by atoms with E-state index in [9.17, 15) is 4.79 Å². The number of pyridine rings is 1. The van der Waals surface area contributed by atoms with Gasteiger partial charge in [-0.25, -0.2) is 0 Å². The van der Waals surface area contributed by atoms with Gasteiger partial charge in [0.15, 0.2) is 0 Å². The van der Waals surface area contributed by atoms with Gasteiger partial charge in [-0.05, 0) is 23.3 Å². The normalized spacial score (nSPS) is 10.6. The van der Waals surface area contributed by atoms with Crippen molar-refractivity contribution < 1.29 is 4.79 Å². The highest BCUT2D eigenvalue weighted by Gasteiger charge is 2.04. The first kappa shape index (κ1) is 13.0. The lowest BCUT2D eigenvalue weighted by Gasteiger charge is -2.14. The maximum absolute atomic E-state index is 11.9. The molecule has 0 atom stereocenters. The molecule has 0 spiro atoms. The fraction of sp³-hybridized carbons (Fsp3) is 0.125. The van der Waals surface area contributed by atoms with E-state index in [0.29, 0.717) is 6.54 Å². The number of hydrogen-bond donors (Lipinski definition) is 0. The minimum absolute atomic E-state index is 0.0206. The summed E-state index contributed by atoms with van der Waals surface area (Å²) in [5.41, 5.74) is 2.04. The summed E-state index contributed by atoms with van der Waals surface area (Å²) < 4.78 is 0. The van der Waals surface area contributed by atoms with Gasteiger partial charge in [-0.1, -0.05) is 36.4 Å². The summed E-state index contributed by atoms with van der Waals surface area (Å²) in [6.07, 6.45) is 6.78. The van der Waals surface area contributed by atoms with Crippen LogP contribution >= 0.6 is 0 Å². The van der Waals surface area contributed by atoms with Gasteiger partial charge >= 0.3 is 0 Å². The predicted molar refractivity (Wildman–Crippen MR) is 76.2 cm³/mol. The molecule has 0 bridgehead atoms. The highest BCUT2D eigenvalue weighted by atomic mass is 16.2. The molecule has 1 aromatic heterocycles. The van der Waals surface area contributed by atoms with E-state index in [4.69, 9.17) is 0 Å². The maximum atomic E-state index is 11.9. The minimum atomic E-state index is -0.0206. The van der Waals surface area contributed by atoms with Crippen LogP contribution < -0.4 is 0 Å². The lowest BCUT2D eigenvalue weighted by atomic mass is 10.2. The van der Waals surface area contributed by atoms with Crippen LogP contribution in [0.15, 0.2) is 60.9 Å². The van der Waals surface area contributed by atoms with Crippen LogP contribution in [0.3, 0.4) is 0 Å². The zero-order valence-electron chi connectivity index (χ0n) is 10.9. The van der Waals surface area contributed by atoms with Crippen molar-refractivity contribution >= 4 is 12.0 Å². The van der Waals surface area contributed by atoms with Gasteiger partial charge in [0, 0.05) is 32.1 Å². The fourth-order valence-corrected chi connectivity index (χ4v) is 1.70. The SMILES string of the molecule is CN(Cc1ccccc1)C(=O)/C=C/c1cccnc1. The zero-order chi connectivity index (χ0) is 13.5. The largest absolute Gasteiger partial charge is 0.338 e. The third-order valence-corrected chi connectivity index (χ3v) is 2.74. The summed E-state index contributed by atoms with van der Waals surface area (Å²) in [6.45, 7) is 0.608. The van der Waals surface area contributed by atoms with Gasteiger partial charge in [0.1, 0.15) is 0 Å². The lowest BCUT2D eigenvalue weighted by Crippen LogP contribution is -2.23. The molecule has 0 N–H and O–H groups in total.